The Kier molecular flexibility index (Phi) is 8.56. The minimum atomic E-state index is 0.433. The van der Waals surface area contributed by atoms with Gasteiger partial charge in [0.05, 0.1) is 24.9 Å². The number of para-hydroxylation sites is 1. The van der Waals surface area contributed by atoms with Crippen LogP contribution in [0.25, 0.3) is 0 Å². The molecule has 2 aliphatic carbocycles. The number of guanidine groups is 1. The zero-order chi connectivity index (χ0) is 21.5. The van der Waals surface area contributed by atoms with Crippen molar-refractivity contribution < 1.29 is 4.74 Å². The molecule has 1 saturated heterocycles. The van der Waals surface area contributed by atoms with E-state index in [4.69, 9.17) is 15.5 Å². The van der Waals surface area contributed by atoms with Crippen molar-refractivity contribution >= 4 is 23.4 Å². The molecule has 1 aliphatic heterocycles. The molecule has 2 saturated carbocycles. The van der Waals surface area contributed by atoms with Crippen molar-refractivity contribution in [3.63, 3.8) is 0 Å². The molecule has 3 aliphatic rings. The second kappa shape index (κ2) is 11.6. The molecule has 5 nitrogen and oxygen atoms in total. The third kappa shape index (κ3) is 6.62. The van der Waals surface area contributed by atoms with Crippen LogP contribution >= 0.6 is 11.8 Å². The van der Waals surface area contributed by atoms with Gasteiger partial charge in [-0.25, -0.2) is 4.99 Å². The number of rotatable bonds is 5. The SMILES string of the molecule is CSc1ccccc1NC(=NC1CCC(CC2CCC(N)CC2)CC1)N1CCOCC1. The molecule has 31 heavy (non-hydrogen) atoms. The summed E-state index contributed by atoms with van der Waals surface area (Å²) < 4.78 is 5.59. The summed E-state index contributed by atoms with van der Waals surface area (Å²) in [6.45, 7) is 3.38. The average Bonchev–Trinajstić information content (AvgIpc) is 2.82. The highest BCUT2D eigenvalue weighted by Crippen LogP contribution is 2.36. The number of hydrogen-bond donors (Lipinski definition) is 2. The fraction of sp³-hybridized carbons (Fsp3) is 0.720. The summed E-state index contributed by atoms with van der Waals surface area (Å²) in [4.78, 5) is 8.91. The van der Waals surface area contributed by atoms with Gasteiger partial charge in [-0.3, -0.25) is 0 Å². The highest BCUT2D eigenvalue weighted by atomic mass is 32.2. The van der Waals surface area contributed by atoms with Gasteiger partial charge in [-0.05, 0) is 88.0 Å². The maximum absolute atomic E-state index is 6.10. The van der Waals surface area contributed by atoms with Crippen LogP contribution in [0.1, 0.15) is 57.8 Å². The lowest BCUT2D eigenvalue weighted by Gasteiger charge is -2.34. The quantitative estimate of drug-likeness (QED) is 0.381. The first-order chi connectivity index (χ1) is 15.2. The van der Waals surface area contributed by atoms with Crippen LogP contribution in [-0.2, 0) is 4.74 Å². The molecule has 6 heteroatoms. The number of benzene rings is 1. The van der Waals surface area contributed by atoms with Crippen molar-refractivity contribution in [3.05, 3.63) is 24.3 Å². The molecule has 1 aromatic rings. The lowest BCUT2D eigenvalue weighted by Crippen LogP contribution is -2.45. The molecule has 0 radical (unpaired) electrons. The van der Waals surface area contributed by atoms with Crippen molar-refractivity contribution in [2.24, 2.45) is 22.6 Å². The monoisotopic (exact) mass is 444 g/mol. The number of morpholine rings is 1. The van der Waals surface area contributed by atoms with Crippen LogP contribution in [0.3, 0.4) is 0 Å². The molecule has 0 amide bonds. The van der Waals surface area contributed by atoms with Crippen LogP contribution in [0, 0.1) is 11.8 Å². The number of anilines is 1. The molecule has 3 fully saturated rings. The van der Waals surface area contributed by atoms with Crippen LogP contribution in [-0.4, -0.2) is 55.5 Å². The maximum Gasteiger partial charge on any atom is 0.198 e. The van der Waals surface area contributed by atoms with Crippen molar-refractivity contribution in [2.45, 2.75) is 74.8 Å². The molecule has 4 rings (SSSR count). The van der Waals surface area contributed by atoms with Crippen LogP contribution in [0.15, 0.2) is 34.2 Å². The summed E-state index contributed by atoms with van der Waals surface area (Å²) in [6, 6.07) is 9.43. The second-order valence-corrected chi connectivity index (χ2v) is 10.4. The minimum absolute atomic E-state index is 0.433. The number of ether oxygens (including phenoxy) is 1. The van der Waals surface area contributed by atoms with E-state index < -0.39 is 0 Å². The van der Waals surface area contributed by atoms with Gasteiger partial charge >= 0.3 is 0 Å². The fourth-order valence-corrected chi connectivity index (χ4v) is 5.97. The minimum Gasteiger partial charge on any atom is -0.378 e. The van der Waals surface area contributed by atoms with E-state index in [1.54, 1.807) is 11.8 Å². The van der Waals surface area contributed by atoms with E-state index in [1.165, 1.54) is 62.7 Å². The Morgan fingerprint density at radius 1 is 1.03 bits per heavy atom. The molecule has 1 aromatic carbocycles. The molecule has 3 N–H and O–H groups in total. The smallest absolute Gasteiger partial charge is 0.198 e. The highest BCUT2D eigenvalue weighted by molar-refractivity contribution is 7.98. The highest BCUT2D eigenvalue weighted by Gasteiger charge is 2.27. The molecule has 0 spiro atoms. The van der Waals surface area contributed by atoms with Crippen LogP contribution in [0.5, 0.6) is 0 Å². The summed E-state index contributed by atoms with van der Waals surface area (Å²) in [7, 11) is 0. The number of nitrogens with zero attached hydrogens (tertiary/aromatic N) is 2. The van der Waals surface area contributed by atoms with E-state index >= 15 is 0 Å². The second-order valence-electron chi connectivity index (χ2n) is 9.57. The van der Waals surface area contributed by atoms with Gasteiger partial charge in [0.2, 0.25) is 0 Å². The third-order valence-electron chi connectivity index (χ3n) is 7.34. The Balaban J connectivity index is 1.37. The first kappa shape index (κ1) is 22.9. The van der Waals surface area contributed by atoms with E-state index in [0.29, 0.717) is 12.1 Å². The van der Waals surface area contributed by atoms with E-state index in [2.05, 4.69) is 40.7 Å². The van der Waals surface area contributed by atoms with Crippen molar-refractivity contribution in [2.75, 3.05) is 37.9 Å². The Morgan fingerprint density at radius 2 is 1.68 bits per heavy atom. The van der Waals surface area contributed by atoms with Gasteiger partial charge in [-0.1, -0.05) is 12.1 Å². The average molecular weight is 445 g/mol. The van der Waals surface area contributed by atoms with Gasteiger partial charge in [0.15, 0.2) is 5.96 Å². The Labute approximate surface area is 192 Å². The molecule has 1 heterocycles. The van der Waals surface area contributed by atoms with Gasteiger partial charge in [-0.15, -0.1) is 11.8 Å². The molecular weight excluding hydrogens is 404 g/mol. The molecular formula is C25H40N4OS. The Hall–Kier alpha value is -1.24. The van der Waals surface area contributed by atoms with Crippen LogP contribution in [0.2, 0.25) is 0 Å². The summed E-state index contributed by atoms with van der Waals surface area (Å²) in [6.07, 6.45) is 13.8. The lowest BCUT2D eigenvalue weighted by molar-refractivity contribution is 0.0677. The number of hydrogen-bond acceptors (Lipinski definition) is 4. The van der Waals surface area contributed by atoms with E-state index in [1.807, 2.05) is 0 Å². The first-order valence-corrected chi connectivity index (χ1v) is 13.5. The molecule has 172 valence electrons. The van der Waals surface area contributed by atoms with Crippen molar-refractivity contribution in [1.29, 1.82) is 0 Å². The summed E-state index contributed by atoms with van der Waals surface area (Å²) in [5.41, 5.74) is 7.25. The summed E-state index contributed by atoms with van der Waals surface area (Å²) >= 11 is 1.78. The van der Waals surface area contributed by atoms with Gasteiger partial charge in [0, 0.05) is 24.0 Å². The molecule has 0 bridgehead atoms. The maximum atomic E-state index is 6.10. The fourth-order valence-electron chi connectivity index (χ4n) is 5.41. The standard InChI is InChI=1S/C25H40N4OS/c1-31-24-5-3-2-4-23(24)28-25(29-14-16-30-17-15-29)27-22-12-8-20(9-13-22)18-19-6-10-21(26)11-7-19/h2-5,19-22H,6-18,26H2,1H3,(H,27,28). The third-order valence-corrected chi connectivity index (χ3v) is 8.14. The Bertz CT molecular complexity index is 705. The van der Waals surface area contributed by atoms with Gasteiger partial charge < -0.3 is 20.7 Å². The normalized spacial score (nSPS) is 30.3. The zero-order valence-electron chi connectivity index (χ0n) is 19.1. The summed E-state index contributed by atoms with van der Waals surface area (Å²) in [5.74, 6) is 2.84. The first-order valence-electron chi connectivity index (χ1n) is 12.3. The predicted octanol–water partition coefficient (Wildman–Crippen LogP) is 4.98. The van der Waals surface area contributed by atoms with Gasteiger partial charge in [0.25, 0.3) is 0 Å². The van der Waals surface area contributed by atoms with Crippen molar-refractivity contribution in [3.8, 4) is 0 Å². The topological polar surface area (TPSA) is 62.9 Å². The number of aliphatic imine (C=N–C) groups is 1. The largest absolute Gasteiger partial charge is 0.378 e. The van der Waals surface area contributed by atoms with E-state index in [-0.39, 0.29) is 0 Å². The van der Waals surface area contributed by atoms with Crippen LogP contribution in [0.4, 0.5) is 5.69 Å². The molecule has 0 unspecified atom stereocenters. The molecule has 0 aromatic heterocycles. The number of nitrogens with one attached hydrogen (secondary N) is 1. The van der Waals surface area contributed by atoms with E-state index in [0.717, 1.165) is 49.8 Å². The lowest BCUT2D eigenvalue weighted by atomic mass is 9.76. The number of nitrogens with two attached hydrogens (primary N) is 1. The molecule has 0 atom stereocenters. The van der Waals surface area contributed by atoms with Gasteiger partial charge in [-0.2, -0.15) is 0 Å². The van der Waals surface area contributed by atoms with Gasteiger partial charge in [0.1, 0.15) is 0 Å². The predicted molar refractivity (Wildman–Crippen MR) is 132 cm³/mol. The Morgan fingerprint density at radius 3 is 2.35 bits per heavy atom. The van der Waals surface area contributed by atoms with Crippen molar-refractivity contribution in [1.82, 2.24) is 4.90 Å². The van der Waals surface area contributed by atoms with E-state index in [9.17, 15) is 0 Å². The zero-order valence-corrected chi connectivity index (χ0v) is 19.9. The number of thioether (sulfide) groups is 1. The summed E-state index contributed by atoms with van der Waals surface area (Å²) in [5, 5.41) is 3.68. The van der Waals surface area contributed by atoms with Crippen LogP contribution < -0.4 is 11.1 Å².